The maximum absolute atomic E-state index is 5.55. The van der Waals surface area contributed by atoms with Gasteiger partial charge in [-0.15, -0.1) is 0 Å². The third-order valence-corrected chi connectivity index (χ3v) is 6.11. The molecule has 3 fully saturated rings. The summed E-state index contributed by atoms with van der Waals surface area (Å²) in [6.45, 7) is 10.4. The summed E-state index contributed by atoms with van der Waals surface area (Å²) in [5, 5.41) is 3.55. The topological polar surface area (TPSA) is 36.9 Å². The molecule has 0 radical (unpaired) electrons. The van der Waals surface area contributed by atoms with Gasteiger partial charge in [-0.1, -0.05) is 12.8 Å². The molecule has 4 heteroatoms. The number of rotatable bonds is 7. The van der Waals surface area contributed by atoms with Crippen molar-refractivity contribution in [3.63, 3.8) is 0 Å². The number of likely N-dealkylation sites (tertiary alicyclic amines) is 1. The molecule has 1 heterocycles. The smallest absolute Gasteiger partial charge is 0.193 e. The summed E-state index contributed by atoms with van der Waals surface area (Å²) < 4.78 is 5.55. The third-order valence-electron chi connectivity index (χ3n) is 6.11. The lowest BCUT2D eigenvalue weighted by atomic mass is 9.82. The molecule has 2 aliphatic carbocycles. The van der Waals surface area contributed by atoms with E-state index >= 15 is 0 Å². The van der Waals surface area contributed by atoms with E-state index in [9.17, 15) is 0 Å². The van der Waals surface area contributed by atoms with Gasteiger partial charge in [0.1, 0.15) is 0 Å². The summed E-state index contributed by atoms with van der Waals surface area (Å²) in [6, 6.07) is 0. The van der Waals surface area contributed by atoms with Crippen LogP contribution in [0.4, 0.5) is 0 Å². The van der Waals surface area contributed by atoms with E-state index in [1.165, 1.54) is 64.0 Å². The zero-order chi connectivity index (χ0) is 16.1. The van der Waals surface area contributed by atoms with Gasteiger partial charge in [0, 0.05) is 39.4 Å². The number of nitrogens with zero attached hydrogens (tertiary/aromatic N) is 2. The Labute approximate surface area is 142 Å². The molecule has 3 rings (SSSR count). The molecule has 1 saturated heterocycles. The highest BCUT2D eigenvalue weighted by atomic mass is 16.5. The van der Waals surface area contributed by atoms with E-state index in [1.807, 2.05) is 0 Å². The van der Waals surface area contributed by atoms with Gasteiger partial charge < -0.3 is 15.0 Å². The van der Waals surface area contributed by atoms with Gasteiger partial charge in [0.15, 0.2) is 5.96 Å². The summed E-state index contributed by atoms with van der Waals surface area (Å²) in [7, 11) is 0. The Hall–Kier alpha value is -0.770. The minimum absolute atomic E-state index is 0.447. The molecule has 1 N–H and O–H groups in total. The Bertz CT molecular complexity index is 391. The van der Waals surface area contributed by atoms with Crippen LogP contribution in [0.1, 0.15) is 58.8 Å². The van der Waals surface area contributed by atoms with E-state index in [1.54, 1.807) is 0 Å². The highest BCUT2D eigenvalue weighted by Gasteiger charge is 2.42. The normalized spacial score (nSPS) is 29.5. The first-order valence-electron chi connectivity index (χ1n) is 9.87. The predicted octanol–water partition coefficient (Wildman–Crippen LogP) is 3.28. The lowest BCUT2D eigenvalue weighted by molar-refractivity contribution is 0.129. The summed E-state index contributed by atoms with van der Waals surface area (Å²) in [6.07, 6.45) is 9.56. The maximum atomic E-state index is 5.55. The summed E-state index contributed by atoms with van der Waals surface area (Å²) in [4.78, 5) is 7.59. The quantitative estimate of drug-likeness (QED) is 0.444. The van der Waals surface area contributed by atoms with Crippen LogP contribution in [-0.4, -0.2) is 50.3 Å². The molecule has 132 valence electrons. The highest BCUT2D eigenvalue weighted by molar-refractivity contribution is 5.80. The van der Waals surface area contributed by atoms with Crippen LogP contribution >= 0.6 is 0 Å². The standard InChI is InChI=1S/C19H35N3O/c1-3-20-18(21-15-19(9-10-19)11-12-23-4-2)22-13-16-7-5-6-8-17(16)14-22/h16-17H,3-15H2,1-2H3,(H,20,21). The van der Waals surface area contributed by atoms with E-state index in [2.05, 4.69) is 24.1 Å². The molecule has 3 aliphatic rings. The summed E-state index contributed by atoms with van der Waals surface area (Å²) in [5.41, 5.74) is 0.447. The third kappa shape index (κ3) is 4.40. The van der Waals surface area contributed by atoms with Crippen molar-refractivity contribution < 1.29 is 4.74 Å². The lowest BCUT2D eigenvalue weighted by Gasteiger charge is -2.23. The fraction of sp³-hybridized carbons (Fsp3) is 0.947. The molecular formula is C19H35N3O. The molecule has 2 saturated carbocycles. The van der Waals surface area contributed by atoms with Crippen molar-refractivity contribution in [3.8, 4) is 0 Å². The lowest BCUT2D eigenvalue weighted by Crippen LogP contribution is -2.40. The molecule has 0 aromatic rings. The second-order valence-electron chi connectivity index (χ2n) is 7.83. The average molecular weight is 322 g/mol. The van der Waals surface area contributed by atoms with Crippen molar-refractivity contribution in [2.24, 2.45) is 22.2 Å². The SMILES string of the molecule is CCNC(=NCC1(CCOCC)CC1)N1CC2CCCCC2C1. The van der Waals surface area contributed by atoms with Gasteiger partial charge in [0.05, 0.1) is 0 Å². The van der Waals surface area contributed by atoms with Crippen molar-refractivity contribution in [2.45, 2.75) is 58.8 Å². The molecule has 4 nitrogen and oxygen atoms in total. The molecule has 0 bridgehead atoms. The minimum Gasteiger partial charge on any atom is -0.382 e. The van der Waals surface area contributed by atoms with Gasteiger partial charge in [-0.3, -0.25) is 4.99 Å². The number of ether oxygens (including phenoxy) is 1. The molecule has 0 aromatic carbocycles. The van der Waals surface area contributed by atoms with Crippen LogP contribution in [0.3, 0.4) is 0 Å². The highest BCUT2D eigenvalue weighted by Crippen LogP contribution is 2.49. The van der Waals surface area contributed by atoms with Crippen LogP contribution in [0.15, 0.2) is 4.99 Å². The fourth-order valence-electron chi connectivity index (χ4n) is 4.34. The zero-order valence-electron chi connectivity index (χ0n) is 15.1. The fourth-order valence-corrected chi connectivity index (χ4v) is 4.34. The van der Waals surface area contributed by atoms with Crippen molar-refractivity contribution in [2.75, 3.05) is 39.4 Å². The predicted molar refractivity (Wildman–Crippen MR) is 95.8 cm³/mol. The van der Waals surface area contributed by atoms with E-state index in [4.69, 9.17) is 9.73 Å². The largest absolute Gasteiger partial charge is 0.382 e. The first-order valence-corrected chi connectivity index (χ1v) is 9.87. The second-order valence-corrected chi connectivity index (χ2v) is 7.83. The number of hydrogen-bond acceptors (Lipinski definition) is 2. The van der Waals surface area contributed by atoms with Crippen LogP contribution in [-0.2, 0) is 4.74 Å². The van der Waals surface area contributed by atoms with Crippen LogP contribution in [0.2, 0.25) is 0 Å². The van der Waals surface area contributed by atoms with Crippen LogP contribution in [0.5, 0.6) is 0 Å². The van der Waals surface area contributed by atoms with E-state index in [-0.39, 0.29) is 0 Å². The first-order chi connectivity index (χ1) is 11.3. The molecule has 23 heavy (non-hydrogen) atoms. The first kappa shape index (κ1) is 17.1. The summed E-state index contributed by atoms with van der Waals surface area (Å²) in [5.74, 6) is 3.01. The van der Waals surface area contributed by atoms with Crippen molar-refractivity contribution in [1.29, 1.82) is 0 Å². The van der Waals surface area contributed by atoms with Gasteiger partial charge >= 0.3 is 0 Å². The zero-order valence-corrected chi connectivity index (χ0v) is 15.1. The Morgan fingerprint density at radius 1 is 1.17 bits per heavy atom. The molecule has 2 atom stereocenters. The second kappa shape index (κ2) is 7.87. The van der Waals surface area contributed by atoms with Gasteiger partial charge in [0.25, 0.3) is 0 Å². The summed E-state index contributed by atoms with van der Waals surface area (Å²) >= 11 is 0. The van der Waals surface area contributed by atoms with Gasteiger partial charge in [-0.2, -0.15) is 0 Å². The maximum Gasteiger partial charge on any atom is 0.193 e. The van der Waals surface area contributed by atoms with Crippen molar-refractivity contribution >= 4 is 5.96 Å². The van der Waals surface area contributed by atoms with Gasteiger partial charge in [-0.25, -0.2) is 0 Å². The average Bonchev–Trinajstić information content (AvgIpc) is 3.20. The molecule has 2 unspecified atom stereocenters. The Morgan fingerprint density at radius 2 is 1.87 bits per heavy atom. The van der Waals surface area contributed by atoms with Crippen LogP contribution < -0.4 is 5.32 Å². The van der Waals surface area contributed by atoms with Crippen molar-refractivity contribution in [3.05, 3.63) is 0 Å². The van der Waals surface area contributed by atoms with Gasteiger partial charge in [0.2, 0.25) is 0 Å². The Kier molecular flexibility index (Phi) is 5.84. The Balaban J connectivity index is 1.56. The number of aliphatic imine (C=N–C) groups is 1. The van der Waals surface area contributed by atoms with E-state index in [0.717, 1.165) is 38.1 Å². The number of fused-ring (bicyclic) bond motifs is 1. The minimum atomic E-state index is 0.447. The van der Waals surface area contributed by atoms with Crippen molar-refractivity contribution in [1.82, 2.24) is 10.2 Å². The Morgan fingerprint density at radius 3 is 2.43 bits per heavy atom. The molecule has 1 aliphatic heterocycles. The number of nitrogens with one attached hydrogen (secondary N) is 1. The number of hydrogen-bond donors (Lipinski definition) is 1. The molecule has 0 aromatic heterocycles. The van der Waals surface area contributed by atoms with Crippen LogP contribution in [0.25, 0.3) is 0 Å². The van der Waals surface area contributed by atoms with E-state index in [0.29, 0.717) is 5.41 Å². The number of guanidine groups is 1. The molecular weight excluding hydrogens is 286 g/mol. The van der Waals surface area contributed by atoms with Crippen LogP contribution in [0, 0.1) is 17.3 Å². The monoisotopic (exact) mass is 321 g/mol. The molecule has 0 amide bonds. The van der Waals surface area contributed by atoms with E-state index < -0.39 is 0 Å². The molecule has 0 spiro atoms. The van der Waals surface area contributed by atoms with Gasteiger partial charge in [-0.05, 0) is 63.2 Å².